The lowest BCUT2D eigenvalue weighted by Crippen LogP contribution is -2.42. The average molecular weight is 299 g/mol. The second-order valence-electron chi connectivity index (χ2n) is 5.58. The fourth-order valence-electron chi connectivity index (χ4n) is 2.36. The molecule has 1 aromatic heterocycles. The van der Waals surface area contributed by atoms with Gasteiger partial charge in [0.1, 0.15) is 6.04 Å². The summed E-state index contributed by atoms with van der Waals surface area (Å²) in [5.41, 5.74) is 2.21. The maximum atomic E-state index is 12.1. The summed E-state index contributed by atoms with van der Waals surface area (Å²) in [4.78, 5) is 23.3. The smallest absolute Gasteiger partial charge is 0.326 e. The van der Waals surface area contributed by atoms with Crippen molar-refractivity contribution in [3.05, 3.63) is 47.8 Å². The number of aryl methyl sites for hydroxylation is 1. The van der Waals surface area contributed by atoms with E-state index in [1.807, 2.05) is 19.2 Å². The zero-order valence-electron chi connectivity index (χ0n) is 12.2. The summed E-state index contributed by atoms with van der Waals surface area (Å²) in [7, 11) is 0. The van der Waals surface area contributed by atoms with Crippen LogP contribution in [0.25, 0.3) is 5.69 Å². The van der Waals surface area contributed by atoms with Crippen molar-refractivity contribution in [2.45, 2.75) is 25.8 Å². The minimum atomic E-state index is -0.973. The minimum Gasteiger partial charge on any atom is -0.480 e. The molecule has 1 aliphatic carbocycles. The third-order valence-corrected chi connectivity index (χ3v) is 3.76. The van der Waals surface area contributed by atoms with Gasteiger partial charge in [-0.3, -0.25) is 4.79 Å². The Morgan fingerprint density at radius 2 is 1.95 bits per heavy atom. The number of hydrogen-bond donors (Lipinski definition) is 2. The molecule has 1 atom stereocenters. The van der Waals surface area contributed by atoms with Crippen molar-refractivity contribution in [3.8, 4) is 5.69 Å². The zero-order valence-corrected chi connectivity index (χ0v) is 12.2. The first-order valence-electron chi connectivity index (χ1n) is 7.21. The van der Waals surface area contributed by atoms with Crippen LogP contribution in [-0.2, 0) is 4.79 Å². The van der Waals surface area contributed by atoms with Gasteiger partial charge in [-0.1, -0.05) is 0 Å². The van der Waals surface area contributed by atoms with Gasteiger partial charge in [0.05, 0.1) is 11.4 Å². The molecule has 0 radical (unpaired) electrons. The predicted molar refractivity (Wildman–Crippen MR) is 79.9 cm³/mol. The first-order valence-corrected chi connectivity index (χ1v) is 7.21. The van der Waals surface area contributed by atoms with Crippen molar-refractivity contribution in [3.63, 3.8) is 0 Å². The van der Waals surface area contributed by atoms with Crippen LogP contribution in [0, 0.1) is 12.8 Å². The summed E-state index contributed by atoms with van der Waals surface area (Å²) in [6, 6.07) is 8.03. The molecule has 0 bridgehead atoms. The molecule has 1 saturated carbocycles. The van der Waals surface area contributed by atoms with E-state index in [-0.39, 0.29) is 11.8 Å². The minimum absolute atomic E-state index is 0.0628. The van der Waals surface area contributed by atoms with Crippen molar-refractivity contribution in [2.24, 2.45) is 5.92 Å². The number of carboxylic acids is 1. The highest BCUT2D eigenvalue weighted by molar-refractivity contribution is 5.96. The summed E-state index contributed by atoms with van der Waals surface area (Å²) in [5.74, 6) is -1.27. The number of amides is 1. The molecule has 6 nitrogen and oxygen atoms in total. The number of nitrogens with one attached hydrogen (secondary N) is 1. The van der Waals surface area contributed by atoms with Crippen molar-refractivity contribution in [2.75, 3.05) is 0 Å². The van der Waals surface area contributed by atoms with Gasteiger partial charge in [0, 0.05) is 11.8 Å². The van der Waals surface area contributed by atoms with E-state index < -0.39 is 12.0 Å². The molecule has 2 N–H and O–H groups in total. The first-order chi connectivity index (χ1) is 10.5. The molecule has 1 aliphatic rings. The molecule has 114 valence electrons. The number of carbonyl (C=O) groups is 2. The van der Waals surface area contributed by atoms with Crippen LogP contribution in [0.2, 0.25) is 0 Å². The van der Waals surface area contributed by atoms with Crippen molar-refractivity contribution in [1.29, 1.82) is 0 Å². The number of hydrogen-bond acceptors (Lipinski definition) is 3. The summed E-state index contributed by atoms with van der Waals surface area (Å²) in [5, 5.41) is 16.0. The third-order valence-electron chi connectivity index (χ3n) is 3.76. The number of aliphatic carboxylic acids is 1. The van der Waals surface area contributed by atoms with Gasteiger partial charge in [0.15, 0.2) is 0 Å². The Kier molecular flexibility index (Phi) is 3.66. The molecule has 22 heavy (non-hydrogen) atoms. The van der Waals surface area contributed by atoms with Gasteiger partial charge in [-0.2, -0.15) is 5.10 Å². The number of aromatic nitrogens is 2. The lowest BCUT2D eigenvalue weighted by Gasteiger charge is -2.13. The van der Waals surface area contributed by atoms with E-state index in [4.69, 9.17) is 5.11 Å². The van der Waals surface area contributed by atoms with Crippen LogP contribution >= 0.6 is 0 Å². The van der Waals surface area contributed by atoms with Crippen molar-refractivity contribution >= 4 is 11.9 Å². The van der Waals surface area contributed by atoms with E-state index in [9.17, 15) is 9.59 Å². The number of carboxylic acid groups (broad SMARTS) is 1. The number of benzene rings is 1. The molecule has 0 spiro atoms. The summed E-state index contributed by atoms with van der Waals surface area (Å²) >= 11 is 0. The van der Waals surface area contributed by atoms with Gasteiger partial charge < -0.3 is 10.4 Å². The van der Waals surface area contributed by atoms with Gasteiger partial charge in [-0.25, -0.2) is 9.48 Å². The third kappa shape index (κ3) is 3.00. The Balaban J connectivity index is 1.72. The number of carbonyl (C=O) groups excluding carboxylic acids is 1. The molecular weight excluding hydrogens is 282 g/mol. The van der Waals surface area contributed by atoms with E-state index in [0.717, 1.165) is 24.2 Å². The maximum absolute atomic E-state index is 12.1. The fraction of sp³-hybridized carbons (Fsp3) is 0.312. The summed E-state index contributed by atoms with van der Waals surface area (Å²) in [6.45, 7) is 1.90. The quantitative estimate of drug-likeness (QED) is 0.881. The lowest BCUT2D eigenvalue weighted by molar-refractivity contribution is -0.139. The monoisotopic (exact) mass is 299 g/mol. The second-order valence-corrected chi connectivity index (χ2v) is 5.58. The van der Waals surface area contributed by atoms with Crippen molar-refractivity contribution in [1.82, 2.24) is 15.1 Å². The van der Waals surface area contributed by atoms with Gasteiger partial charge in [-0.05, 0) is 56.0 Å². The Hall–Kier alpha value is -2.63. The van der Waals surface area contributed by atoms with Crippen LogP contribution in [0.5, 0.6) is 0 Å². The highest BCUT2D eigenvalue weighted by Gasteiger charge is 2.37. The molecule has 0 aliphatic heterocycles. The molecule has 1 unspecified atom stereocenters. The van der Waals surface area contributed by atoms with Gasteiger partial charge >= 0.3 is 5.97 Å². The van der Waals surface area contributed by atoms with Crippen LogP contribution in [0.3, 0.4) is 0 Å². The molecule has 0 saturated heterocycles. The highest BCUT2D eigenvalue weighted by atomic mass is 16.4. The zero-order chi connectivity index (χ0) is 15.7. The Morgan fingerprint density at radius 1 is 1.27 bits per heavy atom. The number of rotatable bonds is 5. The fourth-order valence-corrected chi connectivity index (χ4v) is 2.36. The largest absolute Gasteiger partial charge is 0.480 e. The van der Waals surface area contributed by atoms with E-state index in [2.05, 4.69) is 10.4 Å². The van der Waals surface area contributed by atoms with Crippen LogP contribution in [-0.4, -0.2) is 32.8 Å². The van der Waals surface area contributed by atoms with Gasteiger partial charge in [0.25, 0.3) is 5.91 Å². The van der Waals surface area contributed by atoms with Crippen LogP contribution in [0.4, 0.5) is 0 Å². The molecule has 3 rings (SSSR count). The lowest BCUT2D eigenvalue weighted by atomic mass is 10.1. The normalized spacial score (nSPS) is 15.3. The SMILES string of the molecule is Cc1ccn(-c2ccc(C(=O)NC(C(=O)O)C3CC3)cc2)n1. The standard InChI is InChI=1S/C16H17N3O3/c1-10-8-9-19(18-10)13-6-4-12(5-7-13)15(20)17-14(16(21)22)11-2-3-11/h4-9,11,14H,2-3H2,1H3,(H,17,20)(H,21,22). The average Bonchev–Trinajstić information content (AvgIpc) is 3.25. The Bertz CT molecular complexity index is 702. The van der Waals surface area contributed by atoms with Gasteiger partial charge in [-0.15, -0.1) is 0 Å². The van der Waals surface area contributed by atoms with Crippen LogP contribution < -0.4 is 5.32 Å². The van der Waals surface area contributed by atoms with E-state index in [1.165, 1.54) is 0 Å². The van der Waals surface area contributed by atoms with E-state index in [0.29, 0.717) is 5.56 Å². The summed E-state index contributed by atoms with van der Waals surface area (Å²) < 4.78 is 1.72. The van der Waals surface area contributed by atoms with Crippen LogP contribution in [0.1, 0.15) is 28.9 Å². The Morgan fingerprint density at radius 3 is 2.45 bits per heavy atom. The Labute approximate surface area is 127 Å². The highest BCUT2D eigenvalue weighted by Crippen LogP contribution is 2.32. The van der Waals surface area contributed by atoms with E-state index >= 15 is 0 Å². The molecule has 1 aromatic carbocycles. The van der Waals surface area contributed by atoms with Crippen LogP contribution in [0.15, 0.2) is 36.5 Å². The maximum Gasteiger partial charge on any atom is 0.326 e. The second kappa shape index (κ2) is 5.63. The first kappa shape index (κ1) is 14.3. The molecule has 1 heterocycles. The predicted octanol–water partition coefficient (Wildman–Crippen LogP) is 1.77. The topological polar surface area (TPSA) is 84.2 Å². The van der Waals surface area contributed by atoms with Gasteiger partial charge in [0.2, 0.25) is 0 Å². The van der Waals surface area contributed by atoms with E-state index in [1.54, 1.807) is 28.9 Å². The molecule has 6 heteroatoms. The van der Waals surface area contributed by atoms with Crippen molar-refractivity contribution < 1.29 is 14.7 Å². The number of nitrogens with zero attached hydrogens (tertiary/aromatic N) is 2. The molecular formula is C16H17N3O3. The molecule has 1 amide bonds. The molecule has 2 aromatic rings. The summed E-state index contributed by atoms with van der Waals surface area (Å²) in [6.07, 6.45) is 3.56. The molecule has 1 fully saturated rings.